The fourth-order valence-electron chi connectivity index (χ4n) is 4.52. The van der Waals surface area contributed by atoms with Gasteiger partial charge in [-0.25, -0.2) is 9.37 Å². The highest BCUT2D eigenvalue weighted by Gasteiger charge is 2.46. The minimum atomic E-state index is -0.374. The van der Waals surface area contributed by atoms with Crippen LogP contribution in [-0.2, 0) is 12.0 Å². The van der Waals surface area contributed by atoms with Gasteiger partial charge in [-0.1, -0.05) is 17.7 Å². The van der Waals surface area contributed by atoms with Gasteiger partial charge in [0.1, 0.15) is 5.82 Å². The Bertz CT molecular complexity index is 891. The number of carbonyl (C=O) groups is 1. The molecule has 148 valence electrons. The molecule has 5 nitrogen and oxygen atoms in total. The molecule has 1 aromatic carbocycles. The zero-order valence-electron chi connectivity index (χ0n) is 16.5. The minimum absolute atomic E-state index is 0.0942. The molecular formula is C22H27FN4O. The molecule has 1 N–H and O–H groups in total. The Labute approximate surface area is 165 Å². The molecule has 1 fully saturated rings. The third kappa shape index (κ3) is 3.37. The summed E-state index contributed by atoms with van der Waals surface area (Å²) in [5, 5.41) is 0. The maximum atomic E-state index is 13.5. The topological polar surface area (TPSA) is 52.2 Å². The average Bonchev–Trinajstić information content (AvgIpc) is 3.17. The molecule has 3 heterocycles. The van der Waals surface area contributed by atoms with Crippen LogP contribution in [0.2, 0.25) is 0 Å². The normalized spacial score (nSPS) is 18.8. The van der Waals surface area contributed by atoms with E-state index in [4.69, 9.17) is 0 Å². The number of fused-ring (bicyclic) bond motifs is 2. The summed E-state index contributed by atoms with van der Waals surface area (Å²) in [6.45, 7) is 7.41. The molecule has 0 aliphatic carbocycles. The lowest BCUT2D eigenvalue weighted by Crippen LogP contribution is -2.57. The van der Waals surface area contributed by atoms with Crippen LogP contribution in [0.5, 0.6) is 0 Å². The van der Waals surface area contributed by atoms with Gasteiger partial charge in [0.15, 0.2) is 0 Å². The molecule has 1 spiro atoms. The van der Waals surface area contributed by atoms with Crippen LogP contribution in [0, 0.1) is 5.82 Å². The van der Waals surface area contributed by atoms with E-state index in [2.05, 4.69) is 34.8 Å². The Morgan fingerprint density at radius 3 is 2.79 bits per heavy atom. The summed E-state index contributed by atoms with van der Waals surface area (Å²) < 4.78 is 13.5. The number of imidazole rings is 1. The van der Waals surface area contributed by atoms with E-state index >= 15 is 0 Å². The van der Waals surface area contributed by atoms with Crippen molar-refractivity contribution in [2.24, 2.45) is 0 Å². The van der Waals surface area contributed by atoms with E-state index in [9.17, 15) is 9.18 Å². The van der Waals surface area contributed by atoms with Crippen molar-refractivity contribution in [1.29, 1.82) is 0 Å². The Kier molecular flexibility index (Phi) is 5.06. The second kappa shape index (κ2) is 7.51. The molecule has 0 radical (unpaired) electrons. The molecule has 6 heteroatoms. The molecular weight excluding hydrogens is 355 g/mol. The molecule has 2 aliphatic heterocycles. The number of hydrogen-bond donors (Lipinski definition) is 1. The molecule has 28 heavy (non-hydrogen) atoms. The van der Waals surface area contributed by atoms with Gasteiger partial charge < -0.3 is 9.88 Å². The monoisotopic (exact) mass is 382 g/mol. The number of rotatable bonds is 3. The minimum Gasteiger partial charge on any atom is -0.348 e. The Balaban J connectivity index is 1.56. The van der Waals surface area contributed by atoms with Crippen LogP contribution in [0.4, 0.5) is 4.39 Å². The number of piperidine rings is 1. The van der Waals surface area contributed by atoms with Crippen molar-refractivity contribution >= 4 is 5.91 Å². The molecule has 1 aromatic heterocycles. The molecule has 4 rings (SSSR count). The van der Waals surface area contributed by atoms with E-state index < -0.39 is 0 Å². The van der Waals surface area contributed by atoms with E-state index in [0.29, 0.717) is 18.7 Å². The van der Waals surface area contributed by atoms with Gasteiger partial charge in [0.25, 0.3) is 5.91 Å². The van der Waals surface area contributed by atoms with Crippen LogP contribution >= 0.6 is 0 Å². The Morgan fingerprint density at radius 1 is 1.29 bits per heavy atom. The maximum Gasteiger partial charge on any atom is 0.253 e. The van der Waals surface area contributed by atoms with Crippen LogP contribution < -0.4 is 0 Å². The third-order valence-corrected chi connectivity index (χ3v) is 6.07. The number of aromatic nitrogens is 2. The van der Waals surface area contributed by atoms with E-state index in [1.807, 2.05) is 4.90 Å². The van der Waals surface area contributed by atoms with E-state index in [0.717, 1.165) is 38.0 Å². The largest absolute Gasteiger partial charge is 0.348 e. The summed E-state index contributed by atoms with van der Waals surface area (Å²) in [5.41, 5.74) is 3.94. The quantitative estimate of drug-likeness (QED) is 0.827. The fourth-order valence-corrected chi connectivity index (χ4v) is 4.52. The number of hydrogen-bond acceptors (Lipinski definition) is 3. The van der Waals surface area contributed by atoms with Crippen molar-refractivity contribution in [2.45, 2.75) is 38.6 Å². The highest BCUT2D eigenvalue weighted by molar-refractivity contribution is 5.94. The van der Waals surface area contributed by atoms with Crippen molar-refractivity contribution in [3.8, 4) is 0 Å². The fraction of sp³-hybridized carbons (Fsp3) is 0.455. The number of aromatic amines is 1. The van der Waals surface area contributed by atoms with Crippen LogP contribution in [-0.4, -0.2) is 51.9 Å². The summed E-state index contributed by atoms with van der Waals surface area (Å²) in [4.78, 5) is 25.2. The average molecular weight is 382 g/mol. The van der Waals surface area contributed by atoms with Crippen LogP contribution in [0.15, 0.2) is 42.2 Å². The summed E-state index contributed by atoms with van der Waals surface area (Å²) in [7, 11) is 0. The first-order chi connectivity index (χ1) is 13.5. The van der Waals surface area contributed by atoms with Crippen molar-refractivity contribution in [3.05, 3.63) is 65.0 Å². The summed E-state index contributed by atoms with van der Waals surface area (Å²) >= 11 is 0. The highest BCUT2D eigenvalue weighted by Crippen LogP contribution is 2.42. The molecule has 1 saturated heterocycles. The number of benzene rings is 1. The second-order valence-electron chi connectivity index (χ2n) is 8.04. The van der Waals surface area contributed by atoms with Gasteiger partial charge in [0.2, 0.25) is 0 Å². The van der Waals surface area contributed by atoms with Gasteiger partial charge in [0.05, 0.1) is 17.6 Å². The first kappa shape index (κ1) is 18.9. The van der Waals surface area contributed by atoms with Crippen LogP contribution in [0.25, 0.3) is 0 Å². The second-order valence-corrected chi connectivity index (χ2v) is 8.04. The predicted octanol–water partition coefficient (Wildman–Crippen LogP) is 3.50. The number of carbonyl (C=O) groups excluding carboxylic acids is 1. The van der Waals surface area contributed by atoms with Crippen LogP contribution in [0.3, 0.4) is 0 Å². The molecule has 0 saturated carbocycles. The van der Waals surface area contributed by atoms with Gasteiger partial charge in [-0.3, -0.25) is 9.69 Å². The number of likely N-dealkylation sites (tertiary alicyclic amines) is 1. The maximum absolute atomic E-state index is 13.5. The van der Waals surface area contributed by atoms with Gasteiger partial charge in [0, 0.05) is 43.9 Å². The van der Waals surface area contributed by atoms with E-state index in [1.54, 1.807) is 18.5 Å². The lowest BCUT2D eigenvalue weighted by Gasteiger charge is -2.50. The van der Waals surface area contributed by atoms with Crippen molar-refractivity contribution in [2.75, 3.05) is 26.2 Å². The third-order valence-electron chi connectivity index (χ3n) is 6.07. The SMILES string of the molecule is CC(C)=CCN1CCc2[nH]cnc2C12CCN(C(=O)c1cccc(F)c1)CC2. The number of amides is 1. The molecule has 2 aromatic rings. The first-order valence-corrected chi connectivity index (χ1v) is 9.95. The lowest BCUT2D eigenvalue weighted by atomic mass is 9.78. The van der Waals surface area contributed by atoms with E-state index in [-0.39, 0.29) is 17.3 Å². The highest BCUT2D eigenvalue weighted by atomic mass is 19.1. The Morgan fingerprint density at radius 2 is 2.07 bits per heavy atom. The number of nitrogens with one attached hydrogen (secondary N) is 1. The van der Waals surface area contributed by atoms with Crippen molar-refractivity contribution in [1.82, 2.24) is 19.8 Å². The smallest absolute Gasteiger partial charge is 0.253 e. The summed E-state index contributed by atoms with van der Waals surface area (Å²) in [6.07, 6.45) is 6.70. The molecule has 0 bridgehead atoms. The first-order valence-electron chi connectivity index (χ1n) is 9.95. The molecule has 1 amide bonds. The van der Waals surface area contributed by atoms with Gasteiger partial charge in [-0.15, -0.1) is 0 Å². The molecule has 0 unspecified atom stereocenters. The van der Waals surface area contributed by atoms with Crippen molar-refractivity contribution in [3.63, 3.8) is 0 Å². The number of nitrogens with zero attached hydrogens (tertiary/aromatic N) is 3. The van der Waals surface area contributed by atoms with Gasteiger partial charge in [-0.05, 0) is 44.9 Å². The lowest BCUT2D eigenvalue weighted by molar-refractivity contribution is 0.0139. The summed E-state index contributed by atoms with van der Waals surface area (Å²) in [6, 6.07) is 5.96. The molecule has 0 atom stereocenters. The van der Waals surface area contributed by atoms with Crippen LogP contribution in [0.1, 0.15) is 48.4 Å². The zero-order chi connectivity index (χ0) is 19.7. The van der Waals surface area contributed by atoms with Gasteiger partial charge >= 0.3 is 0 Å². The standard InChI is InChI=1S/C22H27FN4O/c1-16(2)6-10-27-11-7-19-20(25-15-24-19)22(27)8-12-26(13-9-22)21(28)17-4-3-5-18(23)14-17/h3-6,14-15H,7-13H2,1-2H3,(H,24,25). The van der Waals surface area contributed by atoms with E-state index in [1.165, 1.54) is 23.4 Å². The predicted molar refractivity (Wildman–Crippen MR) is 107 cm³/mol. The van der Waals surface area contributed by atoms with Gasteiger partial charge in [-0.2, -0.15) is 0 Å². The number of allylic oxidation sites excluding steroid dienone is 1. The Hall–Kier alpha value is -2.47. The number of H-pyrrole nitrogens is 1. The molecule has 2 aliphatic rings. The zero-order valence-corrected chi connectivity index (χ0v) is 16.5. The number of halogens is 1. The summed E-state index contributed by atoms with van der Waals surface area (Å²) in [5.74, 6) is -0.469. The van der Waals surface area contributed by atoms with Crippen molar-refractivity contribution < 1.29 is 9.18 Å².